The average molecular weight is 472 g/mol. The largest absolute Gasteiger partial charge is 0.493 e. The zero-order valence-corrected chi connectivity index (χ0v) is 20.2. The second-order valence-electron chi connectivity index (χ2n) is 9.10. The van der Waals surface area contributed by atoms with Crippen LogP contribution in [0.25, 0.3) is 0 Å². The SMILES string of the molecule is COCCOc1cc(CC2CCN(CCc3ccc4c(c3)C(C=O)CCO4)CC2)ccc1Cl. The van der Waals surface area contributed by atoms with E-state index < -0.39 is 0 Å². The molecule has 0 aliphatic carbocycles. The summed E-state index contributed by atoms with van der Waals surface area (Å²) in [5.74, 6) is 2.28. The fraction of sp³-hybridized carbons (Fsp3) is 0.519. The number of hydrogen-bond acceptors (Lipinski definition) is 5. The lowest BCUT2D eigenvalue weighted by molar-refractivity contribution is -0.109. The van der Waals surface area contributed by atoms with Gasteiger partial charge in [0.05, 0.1) is 18.2 Å². The molecule has 0 amide bonds. The van der Waals surface area contributed by atoms with Gasteiger partial charge in [0.2, 0.25) is 0 Å². The van der Waals surface area contributed by atoms with Crippen LogP contribution in [0.5, 0.6) is 11.5 Å². The number of ether oxygens (including phenoxy) is 3. The molecule has 2 aromatic carbocycles. The number of aldehydes is 1. The van der Waals surface area contributed by atoms with E-state index in [4.69, 9.17) is 25.8 Å². The Kier molecular flexibility index (Phi) is 8.65. The van der Waals surface area contributed by atoms with E-state index in [0.717, 1.165) is 62.2 Å². The molecule has 4 rings (SSSR count). The van der Waals surface area contributed by atoms with Gasteiger partial charge in [-0.05, 0) is 80.4 Å². The molecule has 1 saturated heterocycles. The smallest absolute Gasteiger partial charge is 0.138 e. The van der Waals surface area contributed by atoms with Crippen molar-refractivity contribution < 1.29 is 19.0 Å². The fourth-order valence-electron chi connectivity index (χ4n) is 4.82. The minimum Gasteiger partial charge on any atom is -0.493 e. The van der Waals surface area contributed by atoms with Crippen LogP contribution in [0, 0.1) is 5.92 Å². The standard InChI is InChI=1S/C27H34ClNO4/c1-31-14-15-33-27-18-22(2-4-25(27)28)16-21-7-11-29(12-8-21)10-6-20-3-5-26-24(17-20)23(19-30)9-13-32-26/h2-5,17-19,21,23H,6-16H2,1H3. The van der Waals surface area contributed by atoms with Crippen molar-refractivity contribution in [3.63, 3.8) is 0 Å². The highest BCUT2D eigenvalue weighted by atomic mass is 35.5. The summed E-state index contributed by atoms with van der Waals surface area (Å²) >= 11 is 6.28. The summed E-state index contributed by atoms with van der Waals surface area (Å²) in [6.07, 6.45) is 6.31. The van der Waals surface area contributed by atoms with Crippen LogP contribution >= 0.6 is 11.6 Å². The third kappa shape index (κ3) is 6.50. The number of piperidine rings is 1. The number of halogens is 1. The third-order valence-corrected chi connectivity index (χ3v) is 7.13. The molecule has 6 heteroatoms. The molecule has 2 aliphatic rings. The van der Waals surface area contributed by atoms with E-state index in [0.29, 0.717) is 30.8 Å². The lowest BCUT2D eigenvalue weighted by Crippen LogP contribution is -2.35. The minimum absolute atomic E-state index is 0.0248. The summed E-state index contributed by atoms with van der Waals surface area (Å²) in [7, 11) is 1.67. The molecule has 2 heterocycles. The van der Waals surface area contributed by atoms with Gasteiger partial charge >= 0.3 is 0 Å². The third-order valence-electron chi connectivity index (χ3n) is 6.81. The molecular formula is C27H34ClNO4. The first-order valence-corrected chi connectivity index (χ1v) is 12.4. The zero-order valence-electron chi connectivity index (χ0n) is 19.4. The van der Waals surface area contributed by atoms with E-state index in [1.165, 1.54) is 24.0 Å². The number of likely N-dealkylation sites (tertiary alicyclic amines) is 1. The van der Waals surface area contributed by atoms with Crippen molar-refractivity contribution in [2.24, 2.45) is 5.92 Å². The van der Waals surface area contributed by atoms with Gasteiger partial charge in [-0.3, -0.25) is 0 Å². The molecule has 1 fully saturated rings. The first-order valence-electron chi connectivity index (χ1n) is 12.0. The molecule has 0 aromatic heterocycles. The Morgan fingerprint density at radius 3 is 2.70 bits per heavy atom. The number of fused-ring (bicyclic) bond motifs is 1. The topological polar surface area (TPSA) is 48.0 Å². The second kappa shape index (κ2) is 11.9. The highest BCUT2D eigenvalue weighted by Crippen LogP contribution is 2.33. The molecule has 0 N–H and O–H groups in total. The first-order chi connectivity index (χ1) is 16.2. The molecule has 33 heavy (non-hydrogen) atoms. The van der Waals surface area contributed by atoms with Gasteiger partial charge in [-0.15, -0.1) is 0 Å². The summed E-state index contributed by atoms with van der Waals surface area (Å²) in [4.78, 5) is 14.0. The Bertz CT molecular complexity index is 926. The predicted molar refractivity (Wildman–Crippen MR) is 131 cm³/mol. The first kappa shape index (κ1) is 24.1. The highest BCUT2D eigenvalue weighted by molar-refractivity contribution is 6.32. The number of nitrogens with zero attached hydrogens (tertiary/aromatic N) is 1. The maximum absolute atomic E-state index is 11.4. The summed E-state index contributed by atoms with van der Waals surface area (Å²) in [6, 6.07) is 12.5. The predicted octanol–water partition coefficient (Wildman–Crippen LogP) is 4.93. The fourth-order valence-corrected chi connectivity index (χ4v) is 4.99. The number of carbonyl (C=O) groups excluding carboxylic acids is 1. The van der Waals surface area contributed by atoms with Gasteiger partial charge in [-0.1, -0.05) is 29.8 Å². The van der Waals surface area contributed by atoms with Gasteiger partial charge in [0, 0.05) is 25.1 Å². The van der Waals surface area contributed by atoms with Crippen molar-refractivity contribution in [1.29, 1.82) is 0 Å². The lowest BCUT2D eigenvalue weighted by Gasteiger charge is -2.32. The molecule has 2 aliphatic heterocycles. The zero-order chi connectivity index (χ0) is 23.0. The second-order valence-corrected chi connectivity index (χ2v) is 9.50. The number of methoxy groups -OCH3 is 1. The Balaban J connectivity index is 1.24. The maximum Gasteiger partial charge on any atom is 0.138 e. The van der Waals surface area contributed by atoms with Gasteiger partial charge in [0.1, 0.15) is 24.4 Å². The summed E-state index contributed by atoms with van der Waals surface area (Å²) in [5, 5.41) is 0.651. The molecule has 0 radical (unpaired) electrons. The Hall–Kier alpha value is -2.08. The van der Waals surface area contributed by atoms with Crippen molar-refractivity contribution >= 4 is 17.9 Å². The van der Waals surface area contributed by atoms with E-state index in [9.17, 15) is 4.79 Å². The van der Waals surface area contributed by atoms with Crippen LogP contribution in [0.2, 0.25) is 5.02 Å². The normalized spacial score (nSPS) is 19.0. The minimum atomic E-state index is -0.0248. The number of carbonyl (C=O) groups is 1. The highest BCUT2D eigenvalue weighted by Gasteiger charge is 2.22. The lowest BCUT2D eigenvalue weighted by atomic mass is 9.89. The molecule has 0 bridgehead atoms. The number of hydrogen-bond donors (Lipinski definition) is 0. The van der Waals surface area contributed by atoms with Crippen molar-refractivity contribution in [3.8, 4) is 11.5 Å². The van der Waals surface area contributed by atoms with Crippen LogP contribution in [-0.2, 0) is 22.4 Å². The summed E-state index contributed by atoms with van der Waals surface area (Å²) in [5.41, 5.74) is 3.63. The molecule has 1 unspecified atom stereocenters. The van der Waals surface area contributed by atoms with Crippen LogP contribution < -0.4 is 9.47 Å². The summed E-state index contributed by atoms with van der Waals surface area (Å²) < 4.78 is 16.5. The number of benzene rings is 2. The van der Waals surface area contributed by atoms with E-state index in [1.54, 1.807) is 7.11 Å². The van der Waals surface area contributed by atoms with Crippen LogP contribution in [0.4, 0.5) is 0 Å². The average Bonchev–Trinajstić information content (AvgIpc) is 2.85. The maximum atomic E-state index is 11.4. The van der Waals surface area contributed by atoms with Crippen LogP contribution in [0.3, 0.4) is 0 Å². The van der Waals surface area contributed by atoms with E-state index in [2.05, 4.69) is 29.2 Å². The van der Waals surface area contributed by atoms with Crippen molar-refractivity contribution in [3.05, 3.63) is 58.1 Å². The number of rotatable bonds is 10. The molecule has 178 valence electrons. The van der Waals surface area contributed by atoms with Gasteiger partial charge in [-0.2, -0.15) is 0 Å². The molecule has 1 atom stereocenters. The van der Waals surface area contributed by atoms with Crippen molar-refractivity contribution in [2.75, 3.05) is 46.6 Å². The van der Waals surface area contributed by atoms with E-state index in [1.807, 2.05) is 12.1 Å². The van der Waals surface area contributed by atoms with Crippen molar-refractivity contribution in [1.82, 2.24) is 4.90 Å². The molecule has 0 spiro atoms. The quantitative estimate of drug-likeness (QED) is 0.363. The Morgan fingerprint density at radius 1 is 1.09 bits per heavy atom. The molecular weight excluding hydrogens is 438 g/mol. The molecule has 0 saturated carbocycles. The van der Waals surface area contributed by atoms with Crippen molar-refractivity contribution in [2.45, 2.75) is 38.0 Å². The summed E-state index contributed by atoms with van der Waals surface area (Å²) in [6.45, 7) is 4.99. The molecule has 2 aromatic rings. The molecule has 5 nitrogen and oxygen atoms in total. The van der Waals surface area contributed by atoms with Gasteiger partial charge in [0.15, 0.2) is 0 Å². The Morgan fingerprint density at radius 2 is 1.91 bits per heavy atom. The van der Waals surface area contributed by atoms with Crippen LogP contribution in [-0.4, -0.2) is 57.8 Å². The van der Waals surface area contributed by atoms with Crippen LogP contribution in [0.1, 0.15) is 41.9 Å². The monoisotopic (exact) mass is 471 g/mol. The van der Waals surface area contributed by atoms with Gasteiger partial charge in [-0.25, -0.2) is 0 Å². The Labute approximate surface area is 202 Å². The van der Waals surface area contributed by atoms with E-state index in [-0.39, 0.29) is 5.92 Å². The van der Waals surface area contributed by atoms with Gasteiger partial charge < -0.3 is 23.9 Å². The van der Waals surface area contributed by atoms with Crippen LogP contribution in [0.15, 0.2) is 36.4 Å². The van der Waals surface area contributed by atoms with E-state index >= 15 is 0 Å². The van der Waals surface area contributed by atoms with Gasteiger partial charge in [0.25, 0.3) is 0 Å².